The summed E-state index contributed by atoms with van der Waals surface area (Å²) in [6, 6.07) is 4.11. The number of hydrogen-bond donors (Lipinski definition) is 1. The number of rotatable bonds is 2. The Balaban J connectivity index is 1.72. The Hall–Kier alpha value is -1.09. The van der Waals surface area contributed by atoms with Gasteiger partial charge in [-0.2, -0.15) is 0 Å². The highest BCUT2D eigenvalue weighted by molar-refractivity contribution is 5.45. The molecule has 1 spiro atoms. The van der Waals surface area contributed by atoms with Crippen LogP contribution in [0, 0.1) is 5.41 Å². The predicted octanol–water partition coefficient (Wildman–Crippen LogP) is 1.53. The van der Waals surface area contributed by atoms with Crippen molar-refractivity contribution in [2.24, 2.45) is 11.1 Å². The van der Waals surface area contributed by atoms with E-state index in [1.54, 1.807) is 0 Å². The molecule has 3 heteroatoms. The Morgan fingerprint density at radius 2 is 2.20 bits per heavy atom. The average molecular weight is 203 g/mol. The molecule has 0 radical (unpaired) electrons. The SMILES string of the molecule is NCc1ccnc(N2CC3(CCC3)C2)c1. The number of nitrogens with two attached hydrogens (primary N) is 1. The molecule has 0 unspecified atom stereocenters. The highest BCUT2D eigenvalue weighted by atomic mass is 15.3. The lowest BCUT2D eigenvalue weighted by molar-refractivity contribution is 0.0896. The summed E-state index contributed by atoms with van der Waals surface area (Å²) in [5.41, 5.74) is 7.47. The van der Waals surface area contributed by atoms with Crippen molar-refractivity contribution in [3.8, 4) is 0 Å². The second kappa shape index (κ2) is 3.20. The van der Waals surface area contributed by atoms with Crippen molar-refractivity contribution in [2.75, 3.05) is 18.0 Å². The quantitative estimate of drug-likeness (QED) is 0.792. The van der Waals surface area contributed by atoms with Gasteiger partial charge >= 0.3 is 0 Å². The van der Waals surface area contributed by atoms with Crippen molar-refractivity contribution >= 4 is 5.82 Å². The van der Waals surface area contributed by atoms with Crippen LogP contribution in [0.15, 0.2) is 18.3 Å². The zero-order valence-corrected chi connectivity index (χ0v) is 8.95. The molecule has 2 heterocycles. The van der Waals surface area contributed by atoms with Gasteiger partial charge in [0, 0.05) is 31.2 Å². The fraction of sp³-hybridized carbons (Fsp3) is 0.583. The topological polar surface area (TPSA) is 42.1 Å². The molecule has 2 N–H and O–H groups in total. The molecule has 3 nitrogen and oxygen atoms in total. The maximum Gasteiger partial charge on any atom is 0.128 e. The van der Waals surface area contributed by atoms with Crippen LogP contribution in [-0.2, 0) is 6.54 Å². The van der Waals surface area contributed by atoms with Crippen LogP contribution in [0.5, 0.6) is 0 Å². The van der Waals surface area contributed by atoms with E-state index in [1.165, 1.54) is 37.9 Å². The van der Waals surface area contributed by atoms with Crippen molar-refractivity contribution in [2.45, 2.75) is 25.8 Å². The summed E-state index contributed by atoms with van der Waals surface area (Å²) in [7, 11) is 0. The van der Waals surface area contributed by atoms with E-state index in [0.717, 1.165) is 5.82 Å². The van der Waals surface area contributed by atoms with Gasteiger partial charge in [0.05, 0.1) is 0 Å². The normalized spacial score (nSPS) is 22.3. The molecule has 1 aromatic heterocycles. The number of nitrogens with zero attached hydrogens (tertiary/aromatic N) is 2. The van der Waals surface area contributed by atoms with Crippen molar-refractivity contribution in [3.63, 3.8) is 0 Å². The Kier molecular flexibility index (Phi) is 1.96. The van der Waals surface area contributed by atoms with E-state index in [0.29, 0.717) is 12.0 Å². The van der Waals surface area contributed by atoms with Crippen LogP contribution >= 0.6 is 0 Å². The van der Waals surface area contributed by atoms with Crippen LogP contribution < -0.4 is 10.6 Å². The fourth-order valence-electron chi connectivity index (χ4n) is 2.68. The van der Waals surface area contributed by atoms with Gasteiger partial charge in [-0.25, -0.2) is 4.98 Å². The lowest BCUT2D eigenvalue weighted by atomic mass is 9.63. The van der Waals surface area contributed by atoms with Crippen LogP contribution in [0.25, 0.3) is 0 Å². The zero-order chi connectivity index (χ0) is 10.3. The van der Waals surface area contributed by atoms with E-state index in [-0.39, 0.29) is 0 Å². The van der Waals surface area contributed by atoms with Crippen LogP contribution in [0.1, 0.15) is 24.8 Å². The van der Waals surface area contributed by atoms with Gasteiger partial charge in [0.25, 0.3) is 0 Å². The fourth-order valence-corrected chi connectivity index (χ4v) is 2.68. The first-order chi connectivity index (χ1) is 7.31. The average Bonchev–Trinajstić information content (AvgIpc) is 2.14. The molecule has 0 atom stereocenters. The summed E-state index contributed by atoms with van der Waals surface area (Å²) in [4.78, 5) is 6.78. The molecular weight excluding hydrogens is 186 g/mol. The van der Waals surface area contributed by atoms with Gasteiger partial charge in [-0.15, -0.1) is 0 Å². The Morgan fingerprint density at radius 3 is 2.80 bits per heavy atom. The van der Waals surface area contributed by atoms with Gasteiger partial charge in [0.15, 0.2) is 0 Å². The molecule has 1 saturated carbocycles. The maximum absolute atomic E-state index is 5.62. The van der Waals surface area contributed by atoms with Gasteiger partial charge in [-0.05, 0) is 30.5 Å². The van der Waals surface area contributed by atoms with Crippen molar-refractivity contribution < 1.29 is 0 Å². The third-order valence-corrected chi connectivity index (χ3v) is 3.84. The molecule has 1 saturated heterocycles. The standard InChI is InChI=1S/C12H17N3/c13-7-10-2-5-14-11(6-10)15-8-12(9-15)3-1-4-12/h2,5-6H,1,3-4,7-9,13H2. The van der Waals surface area contributed by atoms with Gasteiger partial charge in [-0.3, -0.25) is 0 Å². The van der Waals surface area contributed by atoms with Gasteiger partial charge in [0.2, 0.25) is 0 Å². The summed E-state index contributed by atoms with van der Waals surface area (Å²) in [6.45, 7) is 3.01. The van der Waals surface area contributed by atoms with E-state index in [9.17, 15) is 0 Å². The first kappa shape index (κ1) is 9.16. The van der Waals surface area contributed by atoms with Crippen LogP contribution in [0.4, 0.5) is 5.82 Å². The Bertz CT molecular complexity index is 363. The van der Waals surface area contributed by atoms with Crippen molar-refractivity contribution in [1.82, 2.24) is 4.98 Å². The largest absolute Gasteiger partial charge is 0.355 e. The van der Waals surface area contributed by atoms with E-state index in [4.69, 9.17) is 5.73 Å². The van der Waals surface area contributed by atoms with Gasteiger partial charge in [0.1, 0.15) is 5.82 Å². The molecule has 0 amide bonds. The molecule has 0 bridgehead atoms. The minimum atomic E-state index is 0.606. The van der Waals surface area contributed by atoms with Gasteiger partial charge < -0.3 is 10.6 Å². The minimum Gasteiger partial charge on any atom is -0.355 e. The summed E-state index contributed by atoms with van der Waals surface area (Å²) in [5.74, 6) is 1.11. The molecule has 1 aliphatic carbocycles. The Morgan fingerprint density at radius 1 is 1.40 bits per heavy atom. The highest BCUT2D eigenvalue weighted by Crippen LogP contribution is 2.49. The summed E-state index contributed by atoms with van der Waals surface area (Å²) in [5, 5.41) is 0. The van der Waals surface area contributed by atoms with Crippen molar-refractivity contribution in [1.29, 1.82) is 0 Å². The maximum atomic E-state index is 5.62. The highest BCUT2D eigenvalue weighted by Gasteiger charge is 2.47. The number of hydrogen-bond acceptors (Lipinski definition) is 3. The summed E-state index contributed by atoms with van der Waals surface area (Å²) in [6.07, 6.45) is 6.12. The molecule has 80 valence electrons. The molecule has 1 aliphatic heterocycles. The summed E-state index contributed by atoms with van der Waals surface area (Å²) < 4.78 is 0. The zero-order valence-electron chi connectivity index (χ0n) is 8.95. The molecule has 15 heavy (non-hydrogen) atoms. The predicted molar refractivity (Wildman–Crippen MR) is 60.6 cm³/mol. The third kappa shape index (κ3) is 1.42. The number of anilines is 1. The summed E-state index contributed by atoms with van der Waals surface area (Å²) >= 11 is 0. The Labute approximate surface area is 90.3 Å². The van der Waals surface area contributed by atoms with Gasteiger partial charge in [-0.1, -0.05) is 6.42 Å². The van der Waals surface area contributed by atoms with E-state index in [2.05, 4.69) is 16.0 Å². The monoisotopic (exact) mass is 203 g/mol. The van der Waals surface area contributed by atoms with Crippen LogP contribution in [0.2, 0.25) is 0 Å². The number of pyridine rings is 1. The smallest absolute Gasteiger partial charge is 0.128 e. The molecular formula is C12H17N3. The minimum absolute atomic E-state index is 0.606. The molecule has 1 aromatic rings. The first-order valence-electron chi connectivity index (χ1n) is 5.71. The lowest BCUT2D eigenvalue weighted by Gasteiger charge is -2.56. The van der Waals surface area contributed by atoms with Crippen LogP contribution in [0.3, 0.4) is 0 Å². The van der Waals surface area contributed by atoms with Crippen molar-refractivity contribution in [3.05, 3.63) is 23.9 Å². The van der Waals surface area contributed by atoms with E-state index >= 15 is 0 Å². The molecule has 0 aromatic carbocycles. The second-order valence-corrected chi connectivity index (χ2v) is 4.94. The van der Waals surface area contributed by atoms with E-state index in [1.807, 2.05) is 12.3 Å². The second-order valence-electron chi connectivity index (χ2n) is 4.94. The number of aromatic nitrogens is 1. The molecule has 2 fully saturated rings. The lowest BCUT2D eigenvalue weighted by Crippen LogP contribution is -2.60. The molecule has 3 rings (SSSR count). The first-order valence-corrected chi connectivity index (χ1v) is 5.71. The van der Waals surface area contributed by atoms with Crippen LogP contribution in [-0.4, -0.2) is 18.1 Å². The molecule has 2 aliphatic rings. The third-order valence-electron chi connectivity index (χ3n) is 3.84. The van der Waals surface area contributed by atoms with E-state index < -0.39 is 0 Å².